The molecule has 0 unspecified atom stereocenters. The van der Waals surface area contributed by atoms with Gasteiger partial charge in [0, 0.05) is 18.4 Å². The number of fused-ring (bicyclic) bond motifs is 1. The molecule has 1 amide bonds. The molecule has 0 radical (unpaired) electrons. The van der Waals surface area contributed by atoms with Crippen LogP contribution in [0.4, 0.5) is 0 Å². The second-order valence-corrected chi connectivity index (χ2v) is 10.5. The summed E-state index contributed by atoms with van der Waals surface area (Å²) in [5.74, 6) is -0.393. The average molecular weight is 458 g/mol. The standard InChI is InChI=1S/C27H39NO5/c1-16-11-12-21-19(13-16)14-17(2)20(10-8-6-7-9-18(3)30)27(21,4)25(32)23-24(31)22(15-29)28(5)26(23)33/h6-8,10,14,16,18-22,29-30,32H,9,11-13,15H2,1-5H3/b7-6+,10-8+,25-23+/t16-,18+,19+,20-,21-,22+,27-/m0/s1. The van der Waals surface area contributed by atoms with Crippen molar-refractivity contribution in [3.05, 3.63) is 47.3 Å². The summed E-state index contributed by atoms with van der Waals surface area (Å²) in [7, 11) is 1.49. The topological polar surface area (TPSA) is 98.1 Å². The molecule has 3 rings (SSSR count). The third-order valence-electron chi connectivity index (χ3n) is 8.04. The van der Waals surface area contributed by atoms with Gasteiger partial charge < -0.3 is 20.2 Å². The van der Waals surface area contributed by atoms with E-state index in [0.29, 0.717) is 12.3 Å². The average Bonchev–Trinajstić information content (AvgIpc) is 2.96. The van der Waals surface area contributed by atoms with Gasteiger partial charge in [0.1, 0.15) is 17.4 Å². The molecule has 3 aliphatic rings. The number of likely N-dealkylation sites (tertiary alicyclic amines) is 1. The summed E-state index contributed by atoms with van der Waals surface area (Å²) in [5, 5.41) is 30.8. The molecule has 33 heavy (non-hydrogen) atoms. The summed E-state index contributed by atoms with van der Waals surface area (Å²) in [5.41, 5.74) is 0.128. The van der Waals surface area contributed by atoms with Crippen LogP contribution in [0.5, 0.6) is 0 Å². The van der Waals surface area contributed by atoms with Gasteiger partial charge in [0.05, 0.1) is 12.7 Å². The maximum atomic E-state index is 13.0. The molecular formula is C27H39NO5. The fourth-order valence-corrected chi connectivity index (χ4v) is 6.16. The number of carbonyl (C=O) groups is 2. The van der Waals surface area contributed by atoms with Crippen molar-refractivity contribution >= 4 is 11.7 Å². The molecule has 182 valence electrons. The second kappa shape index (κ2) is 9.98. The summed E-state index contributed by atoms with van der Waals surface area (Å²) in [4.78, 5) is 27.3. The molecule has 7 atom stereocenters. The van der Waals surface area contributed by atoms with Crippen LogP contribution < -0.4 is 0 Å². The number of hydrogen-bond acceptors (Lipinski definition) is 5. The zero-order valence-electron chi connectivity index (χ0n) is 20.5. The van der Waals surface area contributed by atoms with E-state index in [1.165, 1.54) is 11.9 Å². The number of nitrogens with zero attached hydrogens (tertiary/aromatic N) is 1. The minimum absolute atomic E-state index is 0.0973. The number of aliphatic hydroxyl groups excluding tert-OH is 3. The van der Waals surface area contributed by atoms with Gasteiger partial charge in [-0.3, -0.25) is 9.59 Å². The Morgan fingerprint density at radius 1 is 1.30 bits per heavy atom. The lowest BCUT2D eigenvalue weighted by Crippen LogP contribution is -2.46. The molecule has 0 aromatic rings. The van der Waals surface area contributed by atoms with Crippen molar-refractivity contribution in [2.45, 2.75) is 65.5 Å². The van der Waals surface area contributed by atoms with Gasteiger partial charge >= 0.3 is 0 Å². The second-order valence-electron chi connectivity index (χ2n) is 10.5. The van der Waals surface area contributed by atoms with E-state index in [1.54, 1.807) is 6.92 Å². The predicted molar refractivity (Wildman–Crippen MR) is 128 cm³/mol. The van der Waals surface area contributed by atoms with Gasteiger partial charge in [0.15, 0.2) is 5.78 Å². The molecule has 2 aliphatic carbocycles. The number of allylic oxidation sites excluding steroid dienone is 6. The van der Waals surface area contributed by atoms with Gasteiger partial charge in [-0.05, 0) is 50.9 Å². The van der Waals surface area contributed by atoms with E-state index < -0.39 is 35.9 Å². The fraction of sp³-hybridized carbons (Fsp3) is 0.630. The van der Waals surface area contributed by atoms with Crippen LogP contribution in [-0.4, -0.2) is 57.7 Å². The Hall–Kier alpha value is -2.18. The number of amides is 1. The van der Waals surface area contributed by atoms with Crippen molar-refractivity contribution in [2.75, 3.05) is 13.7 Å². The van der Waals surface area contributed by atoms with Gasteiger partial charge in [-0.2, -0.15) is 0 Å². The normalized spacial score (nSPS) is 37.6. The van der Waals surface area contributed by atoms with Gasteiger partial charge in [-0.1, -0.05) is 56.2 Å². The third kappa shape index (κ3) is 4.60. The molecular weight excluding hydrogens is 418 g/mol. The van der Waals surface area contributed by atoms with E-state index in [-0.39, 0.29) is 29.1 Å². The molecule has 1 aliphatic heterocycles. The summed E-state index contributed by atoms with van der Waals surface area (Å²) < 4.78 is 0. The van der Waals surface area contributed by atoms with Crippen molar-refractivity contribution < 1.29 is 24.9 Å². The monoisotopic (exact) mass is 457 g/mol. The zero-order valence-corrected chi connectivity index (χ0v) is 20.5. The maximum absolute atomic E-state index is 13.0. The molecule has 0 aromatic heterocycles. The Morgan fingerprint density at radius 2 is 2.00 bits per heavy atom. The minimum Gasteiger partial charge on any atom is -0.511 e. The number of carbonyl (C=O) groups excluding carboxylic acids is 2. The number of rotatable bonds is 6. The zero-order chi connectivity index (χ0) is 24.5. The number of ketones is 1. The maximum Gasteiger partial charge on any atom is 0.261 e. The molecule has 0 aromatic carbocycles. The van der Waals surface area contributed by atoms with Crippen LogP contribution in [-0.2, 0) is 9.59 Å². The highest BCUT2D eigenvalue weighted by atomic mass is 16.3. The van der Waals surface area contributed by atoms with Crippen LogP contribution in [0, 0.1) is 29.1 Å². The van der Waals surface area contributed by atoms with Crippen molar-refractivity contribution in [1.82, 2.24) is 4.90 Å². The van der Waals surface area contributed by atoms with Crippen LogP contribution in [0.2, 0.25) is 0 Å². The fourth-order valence-electron chi connectivity index (χ4n) is 6.16. The van der Waals surface area contributed by atoms with E-state index in [9.17, 15) is 24.9 Å². The predicted octanol–water partition coefficient (Wildman–Crippen LogP) is 3.72. The van der Waals surface area contributed by atoms with Gasteiger partial charge in [-0.15, -0.1) is 0 Å². The molecule has 1 heterocycles. The van der Waals surface area contributed by atoms with Crippen molar-refractivity contribution in [3.8, 4) is 0 Å². The summed E-state index contributed by atoms with van der Waals surface area (Å²) in [6.07, 6.45) is 13.2. The third-order valence-corrected chi connectivity index (χ3v) is 8.04. The van der Waals surface area contributed by atoms with Crippen LogP contribution in [0.15, 0.2) is 47.3 Å². The van der Waals surface area contributed by atoms with Gasteiger partial charge in [0.25, 0.3) is 5.91 Å². The highest BCUT2D eigenvalue weighted by molar-refractivity contribution is 6.26. The lowest BCUT2D eigenvalue weighted by Gasteiger charge is -2.52. The molecule has 2 fully saturated rings. The van der Waals surface area contributed by atoms with Crippen molar-refractivity contribution in [1.29, 1.82) is 0 Å². The summed E-state index contributed by atoms with van der Waals surface area (Å²) in [6, 6.07) is -0.946. The van der Waals surface area contributed by atoms with E-state index in [4.69, 9.17) is 0 Å². The Bertz CT molecular complexity index is 898. The van der Waals surface area contributed by atoms with Gasteiger partial charge in [0.2, 0.25) is 0 Å². The Kier molecular flexibility index (Phi) is 7.69. The molecule has 6 nitrogen and oxygen atoms in total. The Balaban J connectivity index is 2.10. The molecule has 1 saturated carbocycles. The molecule has 0 spiro atoms. The molecule has 1 saturated heterocycles. The Labute approximate surface area is 197 Å². The lowest BCUT2D eigenvalue weighted by atomic mass is 9.52. The van der Waals surface area contributed by atoms with E-state index in [2.05, 4.69) is 19.9 Å². The SMILES string of the molecule is CC1=C[C@H]2C[C@@H](C)CC[C@@H]2[C@@](C)(/C(O)=C2/C(=O)[C@@H](CO)N(C)C2=O)[C@H]1/C=C/C=C/C[C@@H](C)O. The highest BCUT2D eigenvalue weighted by Crippen LogP contribution is 2.58. The largest absolute Gasteiger partial charge is 0.511 e. The first-order valence-electron chi connectivity index (χ1n) is 12.1. The molecule has 6 heteroatoms. The van der Waals surface area contributed by atoms with E-state index in [0.717, 1.165) is 24.8 Å². The Morgan fingerprint density at radius 3 is 2.61 bits per heavy atom. The number of hydrogen-bond donors (Lipinski definition) is 3. The first kappa shape index (κ1) is 25.4. The molecule has 3 N–H and O–H groups in total. The first-order valence-corrected chi connectivity index (χ1v) is 12.1. The van der Waals surface area contributed by atoms with Crippen LogP contribution >= 0.6 is 0 Å². The first-order chi connectivity index (χ1) is 15.5. The van der Waals surface area contributed by atoms with Crippen LogP contribution in [0.3, 0.4) is 0 Å². The van der Waals surface area contributed by atoms with Crippen LogP contribution in [0.25, 0.3) is 0 Å². The van der Waals surface area contributed by atoms with Crippen molar-refractivity contribution in [2.24, 2.45) is 29.1 Å². The lowest BCUT2D eigenvalue weighted by molar-refractivity contribution is -0.126. The number of aliphatic hydroxyl groups is 3. The molecule has 0 bridgehead atoms. The minimum atomic E-state index is -0.946. The summed E-state index contributed by atoms with van der Waals surface area (Å²) >= 11 is 0. The van der Waals surface area contributed by atoms with E-state index in [1.807, 2.05) is 31.2 Å². The quantitative estimate of drug-likeness (QED) is 0.186. The number of Topliss-reactive ketones (excluding diaryl/α,β-unsaturated/α-hetero) is 1. The van der Waals surface area contributed by atoms with Crippen LogP contribution in [0.1, 0.15) is 53.4 Å². The van der Waals surface area contributed by atoms with Crippen molar-refractivity contribution in [3.63, 3.8) is 0 Å². The smallest absolute Gasteiger partial charge is 0.261 e. The number of likely N-dealkylation sites (N-methyl/N-ethyl adjacent to an activating group) is 1. The summed E-state index contributed by atoms with van der Waals surface area (Å²) in [6.45, 7) is 7.56. The van der Waals surface area contributed by atoms with E-state index >= 15 is 0 Å². The highest BCUT2D eigenvalue weighted by Gasteiger charge is 2.55. The van der Waals surface area contributed by atoms with Gasteiger partial charge in [-0.25, -0.2) is 0 Å².